The van der Waals surface area contributed by atoms with Gasteiger partial charge in [0.1, 0.15) is 11.5 Å². The number of aromatic nitrogens is 3. The Bertz CT molecular complexity index is 523. The number of hydrogen-bond acceptors (Lipinski definition) is 4. The van der Waals surface area contributed by atoms with Crippen LogP contribution >= 0.6 is 0 Å². The fourth-order valence-corrected chi connectivity index (χ4v) is 1.64. The lowest BCUT2D eigenvalue weighted by Gasteiger charge is -2.06. The van der Waals surface area contributed by atoms with Crippen LogP contribution < -0.4 is 0 Å². The molecule has 1 unspecified atom stereocenters. The van der Waals surface area contributed by atoms with Crippen molar-refractivity contribution in [1.82, 2.24) is 14.8 Å². The molecule has 0 saturated carbocycles. The van der Waals surface area contributed by atoms with Crippen molar-refractivity contribution in [1.29, 1.82) is 0 Å². The first-order valence-electron chi connectivity index (χ1n) is 5.57. The zero-order valence-corrected chi connectivity index (χ0v) is 9.91. The number of pyridine rings is 1. The molecular weight excluding hydrogens is 237 g/mol. The first-order valence-corrected chi connectivity index (χ1v) is 5.57. The lowest BCUT2D eigenvalue weighted by molar-refractivity contribution is 0.163. The highest BCUT2D eigenvalue weighted by Crippen LogP contribution is 2.17. The largest absolute Gasteiger partial charge is 0.391 e. The van der Waals surface area contributed by atoms with Gasteiger partial charge < -0.3 is 10.2 Å². The highest BCUT2D eigenvalue weighted by atomic mass is 19.1. The second kappa shape index (κ2) is 5.24. The Morgan fingerprint density at radius 3 is 2.72 bits per heavy atom. The van der Waals surface area contributed by atoms with E-state index in [1.807, 2.05) is 0 Å². The quantitative estimate of drug-likeness (QED) is 0.849. The summed E-state index contributed by atoms with van der Waals surface area (Å²) in [4.78, 5) is 3.92. The van der Waals surface area contributed by atoms with Gasteiger partial charge in [-0.05, 0) is 25.1 Å². The number of aliphatic hydroxyl groups is 2. The molecule has 0 saturated heterocycles. The molecule has 1 atom stereocenters. The second-order valence-corrected chi connectivity index (χ2v) is 4.07. The van der Waals surface area contributed by atoms with Gasteiger partial charge in [0.2, 0.25) is 0 Å². The van der Waals surface area contributed by atoms with Crippen molar-refractivity contribution in [2.24, 2.45) is 0 Å². The van der Waals surface area contributed by atoms with E-state index in [1.54, 1.807) is 13.0 Å². The summed E-state index contributed by atoms with van der Waals surface area (Å²) >= 11 is 0. The van der Waals surface area contributed by atoms with Gasteiger partial charge in [-0.1, -0.05) is 0 Å². The summed E-state index contributed by atoms with van der Waals surface area (Å²) < 4.78 is 14.3. The van der Waals surface area contributed by atoms with E-state index in [-0.39, 0.29) is 13.2 Å². The van der Waals surface area contributed by atoms with Crippen molar-refractivity contribution < 1.29 is 14.6 Å². The van der Waals surface area contributed by atoms with Crippen LogP contribution in [0.25, 0.3) is 11.4 Å². The summed E-state index contributed by atoms with van der Waals surface area (Å²) in [6.07, 6.45) is 0.547. The first-order chi connectivity index (χ1) is 8.60. The van der Waals surface area contributed by atoms with Gasteiger partial charge in [0.05, 0.1) is 36.8 Å². The molecule has 0 aliphatic heterocycles. The van der Waals surface area contributed by atoms with Crippen molar-refractivity contribution >= 4 is 0 Å². The average molecular weight is 251 g/mol. The highest BCUT2D eigenvalue weighted by molar-refractivity contribution is 5.53. The van der Waals surface area contributed by atoms with Crippen LogP contribution in [0.15, 0.2) is 24.4 Å². The van der Waals surface area contributed by atoms with Crippen LogP contribution in [0.2, 0.25) is 0 Å². The Balaban J connectivity index is 2.34. The zero-order chi connectivity index (χ0) is 13.1. The molecule has 2 heterocycles. The molecule has 6 heteroatoms. The van der Waals surface area contributed by atoms with E-state index in [9.17, 15) is 14.6 Å². The molecule has 0 aliphatic rings. The van der Waals surface area contributed by atoms with Crippen LogP contribution in [0.4, 0.5) is 4.39 Å². The van der Waals surface area contributed by atoms with Crippen molar-refractivity contribution in [2.45, 2.75) is 26.2 Å². The number of aliphatic hydroxyl groups excluding tert-OH is 2. The van der Waals surface area contributed by atoms with Gasteiger partial charge in [-0.3, -0.25) is 9.67 Å². The zero-order valence-electron chi connectivity index (χ0n) is 9.91. The summed E-state index contributed by atoms with van der Waals surface area (Å²) in [6, 6.07) is 4.49. The lowest BCUT2D eigenvalue weighted by atomic mass is 10.2. The third kappa shape index (κ3) is 2.72. The molecule has 0 bridgehead atoms. The molecule has 96 valence electrons. The minimum atomic E-state index is -0.566. The average Bonchev–Trinajstić information content (AvgIpc) is 2.72. The smallest absolute Gasteiger partial charge is 0.141 e. The Labute approximate surface area is 104 Å². The Morgan fingerprint density at radius 2 is 2.17 bits per heavy atom. The van der Waals surface area contributed by atoms with Crippen LogP contribution in [0.1, 0.15) is 12.6 Å². The van der Waals surface area contributed by atoms with Crippen molar-refractivity contribution in [2.75, 3.05) is 0 Å². The number of nitrogens with zero attached hydrogens (tertiary/aromatic N) is 3. The van der Waals surface area contributed by atoms with Crippen LogP contribution in [0.5, 0.6) is 0 Å². The third-order valence-electron chi connectivity index (χ3n) is 2.45. The predicted molar refractivity (Wildman–Crippen MR) is 63.0 cm³/mol. The van der Waals surface area contributed by atoms with Gasteiger partial charge in [0.15, 0.2) is 0 Å². The van der Waals surface area contributed by atoms with Crippen molar-refractivity contribution in [3.05, 3.63) is 35.9 Å². The Hall–Kier alpha value is -1.79. The van der Waals surface area contributed by atoms with Gasteiger partial charge in [-0.25, -0.2) is 4.39 Å². The molecule has 0 aliphatic carbocycles. The fraction of sp³-hybridized carbons (Fsp3) is 0.333. The fourth-order valence-electron chi connectivity index (χ4n) is 1.64. The molecule has 0 amide bonds. The van der Waals surface area contributed by atoms with E-state index in [0.29, 0.717) is 17.1 Å². The number of rotatable bonds is 4. The van der Waals surface area contributed by atoms with Gasteiger partial charge in [-0.2, -0.15) is 5.10 Å². The van der Waals surface area contributed by atoms with E-state index in [1.165, 1.54) is 16.8 Å². The van der Waals surface area contributed by atoms with E-state index in [2.05, 4.69) is 10.1 Å². The second-order valence-electron chi connectivity index (χ2n) is 4.07. The van der Waals surface area contributed by atoms with Crippen LogP contribution in [-0.2, 0) is 13.2 Å². The van der Waals surface area contributed by atoms with Gasteiger partial charge >= 0.3 is 0 Å². The summed E-state index contributed by atoms with van der Waals surface area (Å²) in [5.74, 6) is -0.412. The third-order valence-corrected chi connectivity index (χ3v) is 2.45. The summed E-state index contributed by atoms with van der Waals surface area (Å²) in [5.41, 5.74) is 1.65. The van der Waals surface area contributed by atoms with E-state index < -0.39 is 11.9 Å². The molecule has 0 spiro atoms. The maximum absolute atomic E-state index is 12.8. The van der Waals surface area contributed by atoms with Gasteiger partial charge in [0, 0.05) is 0 Å². The molecule has 2 aromatic rings. The lowest BCUT2D eigenvalue weighted by Crippen LogP contribution is -2.15. The highest BCUT2D eigenvalue weighted by Gasteiger charge is 2.11. The van der Waals surface area contributed by atoms with E-state index in [4.69, 9.17) is 0 Å². The SMILES string of the molecule is CC(O)Cn1nc(-c2ccc(F)cn2)cc1CO. The molecule has 0 radical (unpaired) electrons. The minimum Gasteiger partial charge on any atom is -0.391 e. The van der Waals surface area contributed by atoms with Gasteiger partial charge in [-0.15, -0.1) is 0 Å². The first kappa shape index (κ1) is 12.7. The molecule has 2 rings (SSSR count). The molecular formula is C12H14FN3O2. The number of halogens is 1. The van der Waals surface area contributed by atoms with Crippen molar-refractivity contribution in [3.63, 3.8) is 0 Å². The Morgan fingerprint density at radius 1 is 1.39 bits per heavy atom. The van der Waals surface area contributed by atoms with E-state index >= 15 is 0 Å². The maximum Gasteiger partial charge on any atom is 0.141 e. The molecule has 0 fully saturated rings. The standard InChI is InChI=1S/C12H14FN3O2/c1-8(18)6-16-10(7-17)4-12(15-16)11-3-2-9(13)5-14-11/h2-5,8,17-18H,6-7H2,1H3. The van der Waals surface area contributed by atoms with Crippen LogP contribution in [0.3, 0.4) is 0 Å². The normalized spacial score (nSPS) is 12.7. The molecule has 18 heavy (non-hydrogen) atoms. The van der Waals surface area contributed by atoms with E-state index in [0.717, 1.165) is 6.20 Å². The summed E-state index contributed by atoms with van der Waals surface area (Å²) in [5, 5.41) is 22.8. The topological polar surface area (TPSA) is 71.2 Å². The molecule has 0 aromatic carbocycles. The van der Waals surface area contributed by atoms with Crippen LogP contribution in [-0.4, -0.2) is 31.1 Å². The summed E-state index contributed by atoms with van der Waals surface area (Å²) in [7, 11) is 0. The molecule has 2 N–H and O–H groups in total. The Kier molecular flexibility index (Phi) is 3.69. The van der Waals surface area contributed by atoms with Crippen molar-refractivity contribution in [3.8, 4) is 11.4 Å². The molecule has 2 aromatic heterocycles. The summed E-state index contributed by atoms with van der Waals surface area (Å²) in [6.45, 7) is 1.75. The van der Waals surface area contributed by atoms with Gasteiger partial charge in [0.25, 0.3) is 0 Å². The minimum absolute atomic E-state index is 0.180. The molecule has 5 nitrogen and oxygen atoms in total. The number of hydrogen-bond donors (Lipinski definition) is 2. The maximum atomic E-state index is 12.8. The van der Waals surface area contributed by atoms with Crippen LogP contribution in [0, 0.1) is 5.82 Å². The predicted octanol–water partition coefficient (Wildman–Crippen LogP) is 0.957. The monoisotopic (exact) mass is 251 g/mol.